The molecule has 2 heterocycles. The molecule has 4 nitrogen and oxygen atoms in total. The van der Waals surface area contributed by atoms with Crippen molar-refractivity contribution in [1.82, 2.24) is 14.4 Å². The lowest BCUT2D eigenvalue weighted by molar-refractivity contribution is 0.477. The molecule has 0 unspecified atom stereocenters. The molecule has 0 amide bonds. The third-order valence-electron chi connectivity index (χ3n) is 3.96. The summed E-state index contributed by atoms with van der Waals surface area (Å²) in [6.45, 7) is 8.31. The molecule has 1 N–H and O–H groups in total. The molecule has 1 aromatic carbocycles. The maximum atomic E-state index is 10.4. The average Bonchev–Trinajstić information content (AvgIpc) is 2.87. The maximum absolute atomic E-state index is 10.4. The van der Waals surface area contributed by atoms with Crippen LogP contribution in [0.3, 0.4) is 0 Å². The molecular weight excluding hydrogens is 354 g/mol. The van der Waals surface area contributed by atoms with Gasteiger partial charge in [-0.2, -0.15) is 0 Å². The van der Waals surface area contributed by atoms with Gasteiger partial charge in [0.2, 0.25) is 5.78 Å². The molecule has 3 rings (SSSR count). The Hall–Kier alpha value is -1.88. The van der Waals surface area contributed by atoms with Gasteiger partial charge in [0.05, 0.1) is 11.4 Å². The number of fused-ring (bicyclic) bond motifs is 1. The highest BCUT2D eigenvalue weighted by Crippen LogP contribution is 2.36. The van der Waals surface area contributed by atoms with E-state index in [0.29, 0.717) is 5.78 Å². The number of nitrogens with zero attached hydrogens (tertiary/aromatic N) is 3. The summed E-state index contributed by atoms with van der Waals surface area (Å²) in [6, 6.07) is 7.68. The fourth-order valence-corrected chi connectivity index (χ4v) is 3.34. The number of alkyl halides is 1. The Morgan fingerprint density at radius 1 is 1.17 bits per heavy atom. The molecule has 120 valence electrons. The van der Waals surface area contributed by atoms with Crippen LogP contribution in [0, 0.1) is 13.8 Å². The van der Waals surface area contributed by atoms with Crippen LogP contribution in [0.15, 0.2) is 24.3 Å². The summed E-state index contributed by atoms with van der Waals surface area (Å²) < 4.78 is 2.09. The molecule has 23 heavy (non-hydrogen) atoms. The zero-order valence-electron chi connectivity index (χ0n) is 13.8. The van der Waals surface area contributed by atoms with Crippen molar-refractivity contribution in [3.8, 4) is 17.0 Å². The molecule has 0 aliphatic heterocycles. The molecule has 0 saturated carbocycles. The second-order valence-electron chi connectivity index (χ2n) is 6.16. The first-order valence-corrected chi connectivity index (χ1v) is 8.79. The number of aryl methyl sites for hydroxylation is 2. The Labute approximate surface area is 144 Å². The average molecular weight is 374 g/mol. The number of phenolic OH excluding ortho intramolecular Hbond substituents is 1. The highest BCUT2D eigenvalue weighted by molar-refractivity contribution is 9.08. The minimum Gasteiger partial charge on any atom is -0.507 e. The van der Waals surface area contributed by atoms with Crippen LogP contribution in [0.4, 0.5) is 0 Å². The highest BCUT2D eigenvalue weighted by Gasteiger charge is 2.21. The molecule has 3 aromatic rings. The fourth-order valence-electron chi connectivity index (χ4n) is 2.99. The number of rotatable bonds is 3. The molecular formula is C18H20BrN3O. The van der Waals surface area contributed by atoms with E-state index < -0.39 is 0 Å². The maximum Gasteiger partial charge on any atom is 0.235 e. The first kappa shape index (κ1) is 16.0. The van der Waals surface area contributed by atoms with E-state index in [9.17, 15) is 5.11 Å². The Kier molecular flexibility index (Phi) is 4.15. The zero-order chi connectivity index (χ0) is 16.7. The van der Waals surface area contributed by atoms with Crippen LogP contribution in [-0.4, -0.2) is 19.5 Å². The number of aromatic hydroxyl groups is 1. The van der Waals surface area contributed by atoms with Crippen molar-refractivity contribution in [3.05, 3.63) is 46.9 Å². The van der Waals surface area contributed by atoms with Crippen molar-refractivity contribution < 1.29 is 5.11 Å². The molecule has 0 aliphatic rings. The van der Waals surface area contributed by atoms with Gasteiger partial charge >= 0.3 is 0 Å². The van der Waals surface area contributed by atoms with Gasteiger partial charge in [-0.15, -0.1) is 0 Å². The summed E-state index contributed by atoms with van der Waals surface area (Å²) in [6.07, 6.45) is 0. The molecule has 2 aromatic heterocycles. The predicted octanol–water partition coefficient (Wildman–Crippen LogP) is 4.74. The van der Waals surface area contributed by atoms with Crippen LogP contribution in [0.2, 0.25) is 0 Å². The predicted molar refractivity (Wildman–Crippen MR) is 96.3 cm³/mol. The number of benzene rings is 1. The molecule has 5 heteroatoms. The lowest BCUT2D eigenvalue weighted by Crippen LogP contribution is -2.02. The van der Waals surface area contributed by atoms with E-state index >= 15 is 0 Å². The summed E-state index contributed by atoms with van der Waals surface area (Å²) in [5.74, 6) is 1.19. The lowest BCUT2D eigenvalue weighted by atomic mass is 10.0. The van der Waals surface area contributed by atoms with Crippen LogP contribution in [0.1, 0.15) is 42.4 Å². The van der Waals surface area contributed by atoms with Crippen LogP contribution in [0.5, 0.6) is 5.75 Å². The largest absolute Gasteiger partial charge is 0.507 e. The normalized spacial score (nSPS) is 11.6. The third-order valence-corrected chi connectivity index (χ3v) is 4.61. The van der Waals surface area contributed by atoms with Crippen LogP contribution < -0.4 is 0 Å². The molecule has 0 atom stereocenters. The van der Waals surface area contributed by atoms with Crippen molar-refractivity contribution in [2.75, 3.05) is 0 Å². The van der Waals surface area contributed by atoms with Gasteiger partial charge in [0.15, 0.2) is 0 Å². The zero-order valence-corrected chi connectivity index (χ0v) is 15.3. The smallest absolute Gasteiger partial charge is 0.235 e. The number of phenols is 1. The number of imidazole rings is 1. The van der Waals surface area contributed by atoms with Crippen molar-refractivity contribution in [2.45, 2.75) is 38.9 Å². The number of halogens is 1. The van der Waals surface area contributed by atoms with Gasteiger partial charge in [-0.05, 0) is 43.5 Å². The van der Waals surface area contributed by atoms with Gasteiger partial charge < -0.3 is 5.11 Å². The summed E-state index contributed by atoms with van der Waals surface area (Å²) in [7, 11) is 0. The molecule has 0 spiro atoms. The first-order valence-electron chi connectivity index (χ1n) is 7.67. The lowest BCUT2D eigenvalue weighted by Gasteiger charge is -2.12. The van der Waals surface area contributed by atoms with Crippen LogP contribution in [-0.2, 0) is 5.33 Å². The molecule has 0 aliphatic carbocycles. The number of hydrogen-bond donors (Lipinski definition) is 1. The van der Waals surface area contributed by atoms with E-state index in [1.807, 2.05) is 19.1 Å². The number of hydrogen-bond acceptors (Lipinski definition) is 3. The van der Waals surface area contributed by atoms with Crippen molar-refractivity contribution in [2.24, 2.45) is 0 Å². The third kappa shape index (κ3) is 2.74. The minimum atomic E-state index is 0.245. The van der Waals surface area contributed by atoms with Crippen molar-refractivity contribution in [3.63, 3.8) is 0 Å². The Bertz CT molecular complexity index is 884. The fraction of sp³-hybridized carbons (Fsp3) is 0.333. The quantitative estimate of drug-likeness (QED) is 0.674. The van der Waals surface area contributed by atoms with E-state index in [1.165, 1.54) is 0 Å². The summed E-state index contributed by atoms with van der Waals surface area (Å²) in [5.41, 5.74) is 5.79. The molecule has 0 saturated heterocycles. The van der Waals surface area contributed by atoms with Gasteiger partial charge in [0, 0.05) is 22.3 Å². The monoisotopic (exact) mass is 373 g/mol. The van der Waals surface area contributed by atoms with Gasteiger partial charge in [-0.1, -0.05) is 35.8 Å². The van der Waals surface area contributed by atoms with Gasteiger partial charge in [-0.25, -0.2) is 9.97 Å². The highest BCUT2D eigenvalue weighted by atomic mass is 79.9. The SMILES string of the molecule is Cc1cc(C)n2c(C(C)C)c(-c3cc(CBr)ccc3O)nc2n1. The van der Waals surface area contributed by atoms with Crippen molar-refractivity contribution in [1.29, 1.82) is 0 Å². The summed E-state index contributed by atoms with van der Waals surface area (Å²) in [4.78, 5) is 9.30. The Morgan fingerprint density at radius 2 is 1.91 bits per heavy atom. The minimum absolute atomic E-state index is 0.245. The Morgan fingerprint density at radius 3 is 2.57 bits per heavy atom. The van der Waals surface area contributed by atoms with E-state index in [-0.39, 0.29) is 11.7 Å². The molecule has 0 bridgehead atoms. The van der Waals surface area contributed by atoms with Gasteiger partial charge in [-0.3, -0.25) is 4.40 Å². The van der Waals surface area contributed by atoms with Gasteiger partial charge in [0.1, 0.15) is 5.75 Å². The topological polar surface area (TPSA) is 50.4 Å². The Balaban J connectivity index is 2.38. The van der Waals surface area contributed by atoms with Crippen molar-refractivity contribution >= 4 is 21.7 Å². The molecule has 0 fully saturated rings. The van der Waals surface area contributed by atoms with Crippen LogP contribution >= 0.6 is 15.9 Å². The van der Waals surface area contributed by atoms with E-state index in [2.05, 4.69) is 52.2 Å². The molecule has 0 radical (unpaired) electrons. The number of aromatic nitrogens is 3. The standard InChI is InChI=1S/C18H20BrN3O/c1-10(2)17-16(14-8-13(9-19)5-6-15(14)23)21-18-20-11(3)7-12(4)22(17)18/h5-8,10,23H,9H2,1-4H3. The van der Waals surface area contributed by atoms with Gasteiger partial charge in [0.25, 0.3) is 0 Å². The second-order valence-corrected chi connectivity index (χ2v) is 6.72. The first-order chi connectivity index (χ1) is 10.9. The summed E-state index contributed by atoms with van der Waals surface area (Å²) >= 11 is 3.47. The summed E-state index contributed by atoms with van der Waals surface area (Å²) in [5, 5.41) is 11.1. The van der Waals surface area contributed by atoms with E-state index in [1.54, 1.807) is 6.07 Å². The van der Waals surface area contributed by atoms with E-state index in [0.717, 1.165) is 39.2 Å². The van der Waals surface area contributed by atoms with Crippen LogP contribution in [0.25, 0.3) is 17.0 Å². The second kappa shape index (κ2) is 5.96. The van der Waals surface area contributed by atoms with E-state index in [4.69, 9.17) is 4.98 Å².